The summed E-state index contributed by atoms with van der Waals surface area (Å²) >= 11 is 22.2. The fourth-order valence-corrected chi connectivity index (χ4v) is 3.88. The van der Waals surface area contributed by atoms with E-state index in [9.17, 15) is 4.39 Å². The molecule has 0 atom stereocenters. The highest BCUT2D eigenvalue weighted by Gasteiger charge is 2.33. The molecule has 5 heteroatoms. The second kappa shape index (κ2) is 7.32. The minimum Gasteiger partial charge on any atom is -0.207 e. The van der Waals surface area contributed by atoms with E-state index in [4.69, 9.17) is 34.8 Å². The Hall–Kier alpha value is -0.280. The van der Waals surface area contributed by atoms with E-state index in [1.54, 1.807) is 6.07 Å². The van der Waals surface area contributed by atoms with Crippen LogP contribution in [-0.2, 0) is 11.8 Å². The third-order valence-electron chi connectivity index (χ3n) is 3.50. The molecule has 0 aliphatic rings. The first kappa shape index (κ1) is 17.1. The first-order valence-electron chi connectivity index (χ1n) is 6.33. The van der Waals surface area contributed by atoms with Crippen LogP contribution in [0, 0.1) is 5.82 Å². The third kappa shape index (κ3) is 3.73. The quantitative estimate of drug-likeness (QED) is 0.515. The van der Waals surface area contributed by atoms with Crippen molar-refractivity contribution < 1.29 is 4.39 Å². The highest BCUT2D eigenvalue weighted by molar-refractivity contribution is 9.10. The fourth-order valence-electron chi connectivity index (χ4n) is 2.29. The second-order valence-electron chi connectivity index (χ2n) is 4.94. The van der Waals surface area contributed by atoms with Gasteiger partial charge in [-0.05, 0) is 35.7 Å². The molecule has 0 nitrogen and oxygen atoms in total. The Morgan fingerprint density at radius 2 is 1.71 bits per heavy atom. The van der Waals surface area contributed by atoms with Crippen molar-refractivity contribution in [2.75, 3.05) is 11.8 Å². The molecule has 21 heavy (non-hydrogen) atoms. The highest BCUT2D eigenvalue weighted by atomic mass is 79.9. The van der Waals surface area contributed by atoms with Gasteiger partial charge >= 0.3 is 0 Å². The number of alkyl halides is 2. The van der Waals surface area contributed by atoms with E-state index in [0.717, 1.165) is 11.1 Å². The van der Waals surface area contributed by atoms with Gasteiger partial charge in [0.15, 0.2) is 0 Å². The Balaban J connectivity index is 2.46. The Kier molecular flexibility index (Phi) is 5.96. The van der Waals surface area contributed by atoms with Gasteiger partial charge in [-0.1, -0.05) is 51.8 Å². The summed E-state index contributed by atoms with van der Waals surface area (Å²) in [6, 6.07) is 12.1. The average molecular weight is 411 g/mol. The third-order valence-corrected chi connectivity index (χ3v) is 5.59. The predicted octanol–water partition coefficient (Wildman–Crippen LogP) is 6.20. The predicted molar refractivity (Wildman–Crippen MR) is 92.4 cm³/mol. The molecule has 2 aromatic rings. The lowest BCUT2D eigenvalue weighted by molar-refractivity contribution is 0.534. The summed E-state index contributed by atoms with van der Waals surface area (Å²) in [4.78, 5) is 0. The molecule has 0 saturated carbocycles. The van der Waals surface area contributed by atoms with Crippen molar-refractivity contribution in [2.45, 2.75) is 11.8 Å². The first-order chi connectivity index (χ1) is 10.0. The molecular weight excluding hydrogens is 397 g/mol. The molecule has 0 saturated heterocycles. The van der Waals surface area contributed by atoms with Crippen LogP contribution in [0.25, 0.3) is 0 Å². The zero-order valence-electron chi connectivity index (χ0n) is 11.1. The molecular formula is C16H13BrCl3F. The Morgan fingerprint density at radius 3 is 2.29 bits per heavy atom. The van der Waals surface area contributed by atoms with Gasteiger partial charge in [0.05, 0.1) is 0 Å². The van der Waals surface area contributed by atoms with E-state index >= 15 is 0 Å². The van der Waals surface area contributed by atoms with E-state index in [-0.39, 0.29) is 5.82 Å². The molecule has 112 valence electrons. The Morgan fingerprint density at radius 1 is 1.05 bits per heavy atom. The number of rotatable bonds is 5. The summed E-state index contributed by atoms with van der Waals surface area (Å²) in [7, 11) is 0. The molecule has 0 amide bonds. The standard InChI is InChI=1S/C16H13BrCl3F/c17-14-7-12(21)6-5-11(14)8-16(9-18,10-19)13-3-1-2-4-15(13)20/h1-7H,8-10H2. The molecule has 2 rings (SSSR count). The maximum absolute atomic E-state index is 13.2. The number of halogens is 5. The normalized spacial score (nSPS) is 11.7. The molecule has 0 fully saturated rings. The molecule has 0 aliphatic carbocycles. The van der Waals surface area contributed by atoms with E-state index in [1.807, 2.05) is 24.3 Å². The first-order valence-corrected chi connectivity index (χ1v) is 8.57. The van der Waals surface area contributed by atoms with Crippen LogP contribution in [0.5, 0.6) is 0 Å². The van der Waals surface area contributed by atoms with Crippen molar-refractivity contribution in [1.82, 2.24) is 0 Å². The van der Waals surface area contributed by atoms with E-state index in [2.05, 4.69) is 15.9 Å². The fraction of sp³-hybridized carbons (Fsp3) is 0.250. The molecule has 0 aliphatic heterocycles. The molecule has 0 heterocycles. The average Bonchev–Trinajstić information content (AvgIpc) is 2.48. The van der Waals surface area contributed by atoms with E-state index < -0.39 is 5.41 Å². The summed E-state index contributed by atoms with van der Waals surface area (Å²) in [6.45, 7) is 0. The van der Waals surface area contributed by atoms with Gasteiger partial charge in [-0.25, -0.2) is 4.39 Å². The largest absolute Gasteiger partial charge is 0.207 e. The van der Waals surface area contributed by atoms with Crippen LogP contribution in [0.2, 0.25) is 5.02 Å². The van der Waals surface area contributed by atoms with Crippen molar-refractivity contribution in [1.29, 1.82) is 0 Å². The van der Waals surface area contributed by atoms with Crippen LogP contribution in [-0.4, -0.2) is 11.8 Å². The van der Waals surface area contributed by atoms with Crippen molar-refractivity contribution >= 4 is 50.7 Å². The molecule has 0 aromatic heterocycles. The SMILES string of the molecule is Fc1ccc(CC(CCl)(CCl)c2ccccc2Cl)c(Br)c1. The molecule has 0 radical (unpaired) electrons. The maximum Gasteiger partial charge on any atom is 0.124 e. The van der Waals surface area contributed by atoms with Crippen molar-refractivity contribution in [3.05, 3.63) is 68.9 Å². The van der Waals surface area contributed by atoms with Crippen LogP contribution < -0.4 is 0 Å². The molecule has 0 spiro atoms. The zero-order valence-corrected chi connectivity index (χ0v) is 14.9. The summed E-state index contributed by atoms with van der Waals surface area (Å²) < 4.78 is 13.9. The second-order valence-corrected chi connectivity index (χ2v) is 6.74. The number of hydrogen-bond acceptors (Lipinski definition) is 0. The van der Waals surface area contributed by atoms with Gasteiger partial charge in [0, 0.05) is 26.7 Å². The van der Waals surface area contributed by atoms with Crippen molar-refractivity contribution in [3.8, 4) is 0 Å². The number of hydrogen-bond donors (Lipinski definition) is 0. The van der Waals surface area contributed by atoms with Gasteiger partial charge in [-0.2, -0.15) is 0 Å². The number of benzene rings is 2. The van der Waals surface area contributed by atoms with E-state index in [1.165, 1.54) is 12.1 Å². The molecule has 0 N–H and O–H groups in total. The molecule has 0 unspecified atom stereocenters. The van der Waals surface area contributed by atoms with Gasteiger partial charge in [0.2, 0.25) is 0 Å². The topological polar surface area (TPSA) is 0 Å². The van der Waals surface area contributed by atoms with Gasteiger partial charge in [0.1, 0.15) is 5.82 Å². The van der Waals surface area contributed by atoms with Crippen LogP contribution in [0.15, 0.2) is 46.9 Å². The van der Waals surface area contributed by atoms with Crippen molar-refractivity contribution in [3.63, 3.8) is 0 Å². The van der Waals surface area contributed by atoms with E-state index in [0.29, 0.717) is 27.7 Å². The molecule has 0 bridgehead atoms. The van der Waals surface area contributed by atoms with Gasteiger partial charge in [-0.15, -0.1) is 23.2 Å². The van der Waals surface area contributed by atoms with Gasteiger partial charge < -0.3 is 0 Å². The summed E-state index contributed by atoms with van der Waals surface area (Å²) in [6.07, 6.45) is 0.574. The lowest BCUT2D eigenvalue weighted by atomic mass is 9.78. The zero-order chi connectivity index (χ0) is 15.5. The monoisotopic (exact) mass is 408 g/mol. The Labute approximate surface area is 147 Å². The van der Waals surface area contributed by atoms with Crippen LogP contribution >= 0.6 is 50.7 Å². The highest BCUT2D eigenvalue weighted by Crippen LogP contribution is 2.37. The lowest BCUT2D eigenvalue weighted by Crippen LogP contribution is -2.33. The van der Waals surface area contributed by atoms with Gasteiger partial charge in [0.25, 0.3) is 0 Å². The smallest absolute Gasteiger partial charge is 0.124 e. The summed E-state index contributed by atoms with van der Waals surface area (Å²) in [5, 5.41) is 0.636. The lowest BCUT2D eigenvalue weighted by Gasteiger charge is -2.31. The Bertz CT molecular complexity index is 627. The van der Waals surface area contributed by atoms with Crippen LogP contribution in [0.4, 0.5) is 4.39 Å². The molecule has 2 aromatic carbocycles. The maximum atomic E-state index is 13.2. The minimum atomic E-state index is -0.498. The van der Waals surface area contributed by atoms with Crippen LogP contribution in [0.3, 0.4) is 0 Å². The summed E-state index contributed by atoms with van der Waals surface area (Å²) in [5.74, 6) is 0.361. The summed E-state index contributed by atoms with van der Waals surface area (Å²) in [5.41, 5.74) is 1.35. The van der Waals surface area contributed by atoms with Crippen LogP contribution in [0.1, 0.15) is 11.1 Å². The minimum absolute atomic E-state index is 0.286. The van der Waals surface area contributed by atoms with Gasteiger partial charge in [-0.3, -0.25) is 0 Å². The van der Waals surface area contributed by atoms with Crippen molar-refractivity contribution in [2.24, 2.45) is 0 Å².